The molecular weight excluding hydrogens is 234 g/mol. The maximum absolute atomic E-state index is 10.8. The summed E-state index contributed by atoms with van der Waals surface area (Å²) in [5.41, 5.74) is 6.30. The first-order valence-corrected chi connectivity index (χ1v) is 5.35. The largest absolute Gasteiger partial charge is 0.466 e. The summed E-state index contributed by atoms with van der Waals surface area (Å²) in [7, 11) is 1.33. The highest BCUT2D eigenvalue weighted by molar-refractivity contribution is 8.02. The highest BCUT2D eigenvalue weighted by Gasteiger charge is 1.99. The molecule has 0 saturated carbocycles. The van der Waals surface area contributed by atoms with Crippen LogP contribution in [0.3, 0.4) is 0 Å². The lowest BCUT2D eigenvalue weighted by Crippen LogP contribution is -1.92. The third kappa shape index (κ3) is 3.85. The molecule has 2 N–H and O–H groups in total. The van der Waals surface area contributed by atoms with E-state index in [0.29, 0.717) is 10.7 Å². The highest BCUT2D eigenvalue weighted by Crippen LogP contribution is 2.28. The Labute approximate surface area is 97.2 Å². The van der Waals surface area contributed by atoms with E-state index in [1.165, 1.54) is 24.9 Å². The van der Waals surface area contributed by atoms with E-state index in [4.69, 9.17) is 17.3 Å². The third-order valence-electron chi connectivity index (χ3n) is 1.57. The van der Waals surface area contributed by atoms with Crippen molar-refractivity contribution in [2.75, 3.05) is 12.8 Å². The Kier molecular flexibility index (Phi) is 4.52. The van der Waals surface area contributed by atoms with Crippen molar-refractivity contribution in [2.24, 2.45) is 0 Å². The molecule has 0 aliphatic rings. The van der Waals surface area contributed by atoms with E-state index in [1.807, 2.05) is 0 Å². The maximum Gasteiger partial charge on any atom is 0.330 e. The van der Waals surface area contributed by atoms with Crippen LogP contribution in [0.25, 0.3) is 0 Å². The monoisotopic (exact) mass is 243 g/mol. The molecule has 0 aromatic heterocycles. The first-order chi connectivity index (χ1) is 7.13. The highest BCUT2D eigenvalue weighted by atomic mass is 35.5. The van der Waals surface area contributed by atoms with Gasteiger partial charge in [0.15, 0.2) is 0 Å². The Morgan fingerprint density at radius 1 is 1.60 bits per heavy atom. The van der Waals surface area contributed by atoms with Crippen LogP contribution in [0.1, 0.15) is 0 Å². The molecule has 1 rings (SSSR count). The van der Waals surface area contributed by atoms with Crippen LogP contribution in [0.4, 0.5) is 5.69 Å². The van der Waals surface area contributed by atoms with Crippen molar-refractivity contribution in [2.45, 2.75) is 4.90 Å². The zero-order chi connectivity index (χ0) is 11.3. The SMILES string of the molecule is COC(=O)C=CSc1ccc(Cl)cc1N. The molecule has 0 saturated heterocycles. The number of anilines is 1. The fourth-order valence-electron chi connectivity index (χ4n) is 0.858. The molecule has 1 aromatic rings. The minimum absolute atomic E-state index is 0.393. The van der Waals surface area contributed by atoms with Crippen LogP contribution in [0, 0.1) is 0 Å². The number of thioether (sulfide) groups is 1. The van der Waals surface area contributed by atoms with Crippen molar-refractivity contribution in [1.82, 2.24) is 0 Å². The van der Waals surface area contributed by atoms with Crippen molar-refractivity contribution in [1.29, 1.82) is 0 Å². The first kappa shape index (κ1) is 11.9. The molecule has 0 aliphatic carbocycles. The summed E-state index contributed by atoms with van der Waals surface area (Å²) < 4.78 is 4.45. The summed E-state index contributed by atoms with van der Waals surface area (Å²) >= 11 is 7.08. The summed E-state index contributed by atoms with van der Waals surface area (Å²) in [6, 6.07) is 5.20. The fraction of sp³-hybridized carbons (Fsp3) is 0.100. The number of hydrogen-bond acceptors (Lipinski definition) is 4. The van der Waals surface area contributed by atoms with Gasteiger partial charge in [0.25, 0.3) is 0 Å². The summed E-state index contributed by atoms with van der Waals surface area (Å²) in [6.07, 6.45) is 1.33. The van der Waals surface area contributed by atoms with Crippen LogP contribution in [-0.4, -0.2) is 13.1 Å². The number of halogens is 1. The van der Waals surface area contributed by atoms with E-state index in [1.54, 1.807) is 23.6 Å². The van der Waals surface area contributed by atoms with Crippen molar-refractivity contribution < 1.29 is 9.53 Å². The van der Waals surface area contributed by atoms with Crippen LogP contribution in [0.5, 0.6) is 0 Å². The van der Waals surface area contributed by atoms with Gasteiger partial charge in [-0.2, -0.15) is 0 Å². The minimum Gasteiger partial charge on any atom is -0.466 e. The van der Waals surface area contributed by atoms with Gasteiger partial charge in [-0.05, 0) is 23.6 Å². The standard InChI is InChI=1S/C10H10ClNO2S/c1-14-10(13)4-5-15-9-3-2-7(11)6-8(9)12/h2-6H,12H2,1H3. The second-order valence-corrected chi connectivity index (χ2v) is 4.01. The Bertz CT molecular complexity index is 393. The number of carbonyl (C=O) groups is 1. The van der Waals surface area contributed by atoms with Gasteiger partial charge in [0, 0.05) is 21.7 Å². The van der Waals surface area contributed by atoms with Crippen LogP contribution in [-0.2, 0) is 9.53 Å². The molecule has 0 unspecified atom stereocenters. The number of ether oxygens (including phenoxy) is 1. The summed E-state index contributed by atoms with van der Waals surface area (Å²) in [4.78, 5) is 11.6. The number of nitrogens with two attached hydrogens (primary N) is 1. The zero-order valence-electron chi connectivity index (χ0n) is 8.07. The number of hydrogen-bond donors (Lipinski definition) is 1. The lowest BCUT2D eigenvalue weighted by Gasteiger charge is -2.01. The molecule has 15 heavy (non-hydrogen) atoms. The van der Waals surface area contributed by atoms with Gasteiger partial charge in [-0.3, -0.25) is 0 Å². The number of benzene rings is 1. The molecule has 0 amide bonds. The summed E-state index contributed by atoms with van der Waals surface area (Å²) in [5, 5.41) is 2.21. The van der Waals surface area contributed by atoms with E-state index in [-0.39, 0.29) is 0 Å². The van der Waals surface area contributed by atoms with Crippen molar-refractivity contribution >= 4 is 35.0 Å². The van der Waals surface area contributed by atoms with E-state index >= 15 is 0 Å². The van der Waals surface area contributed by atoms with Crippen LogP contribution < -0.4 is 5.73 Å². The molecule has 5 heteroatoms. The smallest absolute Gasteiger partial charge is 0.330 e. The Morgan fingerprint density at radius 3 is 2.93 bits per heavy atom. The average Bonchev–Trinajstić information content (AvgIpc) is 2.21. The Hall–Kier alpha value is -1.13. The molecule has 0 spiro atoms. The van der Waals surface area contributed by atoms with Crippen LogP contribution in [0.15, 0.2) is 34.6 Å². The Balaban J connectivity index is 2.65. The van der Waals surface area contributed by atoms with Gasteiger partial charge in [0.05, 0.1) is 7.11 Å². The third-order valence-corrected chi connectivity index (χ3v) is 2.71. The molecule has 1 aromatic carbocycles. The number of esters is 1. The second kappa shape index (κ2) is 5.68. The second-order valence-electron chi connectivity index (χ2n) is 2.63. The lowest BCUT2D eigenvalue weighted by atomic mass is 10.3. The molecule has 3 nitrogen and oxygen atoms in total. The average molecular weight is 244 g/mol. The Morgan fingerprint density at radius 2 is 2.33 bits per heavy atom. The van der Waals surface area contributed by atoms with Gasteiger partial charge < -0.3 is 10.5 Å². The zero-order valence-corrected chi connectivity index (χ0v) is 9.64. The molecule has 80 valence electrons. The normalized spacial score (nSPS) is 10.5. The van der Waals surface area contributed by atoms with Crippen LogP contribution >= 0.6 is 23.4 Å². The number of rotatable bonds is 3. The molecular formula is C10H10ClNO2S. The molecule has 0 fully saturated rings. The van der Waals surface area contributed by atoms with E-state index in [0.717, 1.165) is 4.90 Å². The van der Waals surface area contributed by atoms with Crippen molar-refractivity contribution in [3.63, 3.8) is 0 Å². The topological polar surface area (TPSA) is 52.3 Å². The summed E-state index contributed by atoms with van der Waals surface area (Å²) in [5.74, 6) is -0.393. The molecule has 0 radical (unpaired) electrons. The molecule has 0 aliphatic heterocycles. The predicted molar refractivity (Wildman–Crippen MR) is 62.9 cm³/mol. The van der Waals surface area contributed by atoms with Crippen LogP contribution in [0.2, 0.25) is 5.02 Å². The maximum atomic E-state index is 10.8. The number of nitrogen functional groups attached to an aromatic ring is 1. The fourth-order valence-corrected chi connectivity index (χ4v) is 1.71. The molecule has 0 heterocycles. The van der Waals surface area contributed by atoms with Gasteiger partial charge in [0.1, 0.15) is 0 Å². The molecule has 0 bridgehead atoms. The summed E-state index contributed by atoms with van der Waals surface area (Å²) in [6.45, 7) is 0. The minimum atomic E-state index is -0.393. The van der Waals surface area contributed by atoms with Crippen molar-refractivity contribution in [3.8, 4) is 0 Å². The van der Waals surface area contributed by atoms with E-state index < -0.39 is 5.97 Å². The molecule has 0 atom stereocenters. The number of methoxy groups -OCH3 is 1. The van der Waals surface area contributed by atoms with Gasteiger partial charge in [0.2, 0.25) is 0 Å². The van der Waals surface area contributed by atoms with E-state index in [9.17, 15) is 4.79 Å². The quantitative estimate of drug-likeness (QED) is 0.384. The van der Waals surface area contributed by atoms with Gasteiger partial charge in [-0.15, -0.1) is 0 Å². The van der Waals surface area contributed by atoms with Crippen molar-refractivity contribution in [3.05, 3.63) is 34.7 Å². The number of carbonyl (C=O) groups excluding carboxylic acids is 1. The van der Waals surface area contributed by atoms with Gasteiger partial charge >= 0.3 is 5.97 Å². The van der Waals surface area contributed by atoms with E-state index in [2.05, 4.69) is 4.74 Å². The lowest BCUT2D eigenvalue weighted by molar-refractivity contribution is -0.134. The first-order valence-electron chi connectivity index (χ1n) is 4.09. The van der Waals surface area contributed by atoms with Gasteiger partial charge in [-0.25, -0.2) is 4.79 Å². The van der Waals surface area contributed by atoms with Gasteiger partial charge in [-0.1, -0.05) is 23.4 Å². The predicted octanol–water partition coefficient (Wildman–Crippen LogP) is 2.70.